The fraction of sp³-hybridized carbons (Fsp3) is 0.500. The van der Waals surface area contributed by atoms with Crippen molar-refractivity contribution in [1.29, 1.82) is 0 Å². The van der Waals surface area contributed by atoms with Gasteiger partial charge in [0.25, 0.3) is 0 Å². The van der Waals surface area contributed by atoms with Crippen LogP contribution in [-0.2, 0) is 9.59 Å². The number of hydrogen-bond donors (Lipinski definition) is 3. The number of rotatable bonds is 4. The van der Waals surface area contributed by atoms with E-state index in [1.54, 1.807) is 0 Å². The number of carboxylic acid groups (broad SMARTS) is 2. The van der Waals surface area contributed by atoms with Gasteiger partial charge in [-0.3, -0.25) is 14.9 Å². The summed E-state index contributed by atoms with van der Waals surface area (Å²) in [7, 11) is 0. The van der Waals surface area contributed by atoms with E-state index in [2.05, 4.69) is 5.32 Å². The molecule has 2 radical (unpaired) electrons. The van der Waals surface area contributed by atoms with Gasteiger partial charge in [-0.2, -0.15) is 0 Å². The molecule has 0 saturated carbocycles. The van der Waals surface area contributed by atoms with Crippen LogP contribution in [-0.4, -0.2) is 138 Å². The summed E-state index contributed by atoms with van der Waals surface area (Å²) in [6.07, 6.45) is 0. The van der Waals surface area contributed by atoms with Crippen molar-refractivity contribution in [2.24, 2.45) is 0 Å². The molecule has 0 aliphatic carbocycles. The Kier molecular flexibility index (Phi) is 20.9. The second-order valence-corrected chi connectivity index (χ2v) is 1.39. The molecule has 0 rings (SSSR count). The Morgan fingerprint density at radius 1 is 1.00 bits per heavy atom. The van der Waals surface area contributed by atoms with Crippen LogP contribution in [0.1, 0.15) is 0 Å². The number of nitrogens with one attached hydrogen (secondary N) is 1. The van der Waals surface area contributed by atoms with E-state index in [0.717, 1.165) is 0 Å². The Morgan fingerprint density at radius 3 is 1.45 bits per heavy atom. The first-order valence-electron chi connectivity index (χ1n) is 2.27. The molecule has 0 spiro atoms. The van der Waals surface area contributed by atoms with Gasteiger partial charge in [-0.05, 0) is 0 Å². The maximum Gasteiger partial charge on any atom is 0.317 e. The summed E-state index contributed by atoms with van der Waals surface area (Å²) in [5.74, 6) is -2.12. The molecule has 0 bridgehead atoms. The largest absolute Gasteiger partial charge is 0.480 e. The molecule has 3 N–H and O–H groups in total. The maximum absolute atomic E-state index is 9.73. The summed E-state index contributed by atoms with van der Waals surface area (Å²) >= 11 is 0. The quantitative estimate of drug-likeness (QED) is 0.467. The van der Waals surface area contributed by atoms with Gasteiger partial charge in [0.15, 0.2) is 0 Å². The standard InChI is InChI=1S/C4H7NO4.2K/c6-3(7)1-5-2-4(8)9;;/h5H,1-2H2,(H,6,7)(H,8,9);;. The average Bonchev–Trinajstić information content (AvgIpc) is 1.63. The number of hydrogen-bond acceptors (Lipinski definition) is 3. The second-order valence-electron chi connectivity index (χ2n) is 1.39. The molecule has 7 heteroatoms. The van der Waals surface area contributed by atoms with E-state index in [4.69, 9.17) is 10.2 Å². The average molecular weight is 211 g/mol. The van der Waals surface area contributed by atoms with Crippen molar-refractivity contribution in [2.45, 2.75) is 0 Å². The number of carbonyl (C=O) groups is 2. The topological polar surface area (TPSA) is 86.6 Å². The molecule has 0 aliphatic heterocycles. The molecule has 54 valence electrons. The van der Waals surface area contributed by atoms with Gasteiger partial charge in [-0.1, -0.05) is 0 Å². The first-order chi connectivity index (χ1) is 4.13. The van der Waals surface area contributed by atoms with E-state index in [0.29, 0.717) is 0 Å². The zero-order chi connectivity index (χ0) is 7.28. The van der Waals surface area contributed by atoms with Crippen LogP contribution in [0.2, 0.25) is 0 Å². The fourth-order valence-corrected chi connectivity index (χ4v) is 0.276. The molecule has 5 nitrogen and oxygen atoms in total. The van der Waals surface area contributed by atoms with Crippen molar-refractivity contribution in [3.8, 4) is 0 Å². The van der Waals surface area contributed by atoms with Gasteiger partial charge >= 0.3 is 11.9 Å². The molecule has 0 fully saturated rings. The molecular weight excluding hydrogens is 204 g/mol. The molecule has 0 aromatic heterocycles. The monoisotopic (exact) mass is 211 g/mol. The van der Waals surface area contributed by atoms with Gasteiger partial charge in [0.1, 0.15) is 0 Å². The molecule has 11 heavy (non-hydrogen) atoms. The van der Waals surface area contributed by atoms with Crippen molar-refractivity contribution in [1.82, 2.24) is 5.32 Å². The van der Waals surface area contributed by atoms with Crippen molar-refractivity contribution in [2.75, 3.05) is 13.1 Å². The van der Waals surface area contributed by atoms with Gasteiger partial charge in [0.05, 0.1) is 13.1 Å². The first-order valence-corrected chi connectivity index (χ1v) is 2.27. The van der Waals surface area contributed by atoms with Crippen LogP contribution < -0.4 is 5.32 Å². The van der Waals surface area contributed by atoms with E-state index < -0.39 is 11.9 Å². The smallest absolute Gasteiger partial charge is 0.317 e. The Hall–Kier alpha value is 2.17. The molecule has 0 atom stereocenters. The summed E-state index contributed by atoms with van der Waals surface area (Å²) in [5, 5.41) is 18.1. The molecule has 0 unspecified atom stereocenters. The number of aliphatic carboxylic acids is 2. The third-order valence-electron chi connectivity index (χ3n) is 0.552. The normalized spacial score (nSPS) is 7.27. The minimum absolute atomic E-state index is 0. The predicted molar refractivity (Wildman–Crippen MR) is 39.6 cm³/mol. The van der Waals surface area contributed by atoms with Crippen molar-refractivity contribution < 1.29 is 19.8 Å². The van der Waals surface area contributed by atoms with Crippen LogP contribution in [0.4, 0.5) is 0 Å². The van der Waals surface area contributed by atoms with Gasteiger partial charge in [0.2, 0.25) is 0 Å². The van der Waals surface area contributed by atoms with Crippen LogP contribution in [0.25, 0.3) is 0 Å². The van der Waals surface area contributed by atoms with Gasteiger partial charge in [-0.15, -0.1) is 0 Å². The van der Waals surface area contributed by atoms with Gasteiger partial charge in [0, 0.05) is 103 Å². The van der Waals surface area contributed by atoms with Crippen LogP contribution in [0.15, 0.2) is 0 Å². The van der Waals surface area contributed by atoms with Crippen LogP contribution >= 0.6 is 0 Å². The van der Waals surface area contributed by atoms with E-state index >= 15 is 0 Å². The third-order valence-corrected chi connectivity index (χ3v) is 0.552. The van der Waals surface area contributed by atoms with E-state index in [1.165, 1.54) is 0 Å². The van der Waals surface area contributed by atoms with E-state index in [1.807, 2.05) is 0 Å². The van der Waals surface area contributed by atoms with Crippen molar-refractivity contribution >= 4 is 115 Å². The number of carboxylic acids is 2. The molecule has 0 aliphatic rings. The zero-order valence-corrected chi connectivity index (χ0v) is 12.9. The first kappa shape index (κ1) is 18.9. The molecular formula is C4H7K2NO4. The van der Waals surface area contributed by atoms with Crippen LogP contribution in [0, 0.1) is 0 Å². The SMILES string of the molecule is O=C(O)CNCC(=O)O.[K].[K]. The Bertz CT molecular complexity index is 115. The van der Waals surface area contributed by atoms with Crippen molar-refractivity contribution in [3.05, 3.63) is 0 Å². The Morgan fingerprint density at radius 2 is 1.27 bits per heavy atom. The van der Waals surface area contributed by atoms with E-state index in [-0.39, 0.29) is 116 Å². The van der Waals surface area contributed by atoms with Crippen molar-refractivity contribution in [3.63, 3.8) is 0 Å². The van der Waals surface area contributed by atoms with Gasteiger partial charge < -0.3 is 10.2 Å². The summed E-state index contributed by atoms with van der Waals surface area (Å²) in [4.78, 5) is 19.5. The summed E-state index contributed by atoms with van der Waals surface area (Å²) in [6, 6.07) is 0. The molecule has 0 heterocycles. The molecule has 0 saturated heterocycles. The second kappa shape index (κ2) is 12.2. The summed E-state index contributed by atoms with van der Waals surface area (Å²) in [5.41, 5.74) is 0. The fourth-order valence-electron chi connectivity index (χ4n) is 0.276. The maximum atomic E-state index is 9.73. The van der Waals surface area contributed by atoms with Crippen LogP contribution in [0.3, 0.4) is 0 Å². The third kappa shape index (κ3) is 18.9. The summed E-state index contributed by atoms with van der Waals surface area (Å²) < 4.78 is 0. The summed E-state index contributed by atoms with van der Waals surface area (Å²) in [6.45, 7) is -0.626. The zero-order valence-electron chi connectivity index (χ0n) is 6.63. The minimum atomic E-state index is -1.06. The Balaban J connectivity index is -0.000000320. The molecule has 0 amide bonds. The van der Waals surface area contributed by atoms with E-state index in [9.17, 15) is 9.59 Å². The molecule has 0 aromatic carbocycles. The van der Waals surface area contributed by atoms with Gasteiger partial charge in [-0.25, -0.2) is 0 Å². The van der Waals surface area contributed by atoms with Crippen LogP contribution in [0.5, 0.6) is 0 Å². The Labute approximate surface area is 149 Å². The minimum Gasteiger partial charge on any atom is -0.480 e. The predicted octanol–water partition coefficient (Wildman–Crippen LogP) is -2.02. The molecule has 0 aromatic rings.